The maximum absolute atomic E-state index is 4.18. The van der Waals surface area contributed by atoms with Gasteiger partial charge in [0.2, 0.25) is 0 Å². The van der Waals surface area contributed by atoms with Crippen molar-refractivity contribution < 1.29 is 0 Å². The molecule has 1 nitrogen and oxygen atoms in total. The van der Waals surface area contributed by atoms with Gasteiger partial charge < -0.3 is 5.32 Å². The lowest BCUT2D eigenvalue weighted by atomic mass is 9.50. The minimum atomic E-state index is 0.902. The maximum Gasteiger partial charge on any atom is 0.0103 e. The highest BCUT2D eigenvalue weighted by Crippen LogP contribution is 2.58. The molecule has 0 amide bonds. The SMILES string of the molecule is C1CCC2NC(C3C4CC5CC(C4)CC3C5)CCC2C1. The summed E-state index contributed by atoms with van der Waals surface area (Å²) in [6, 6.07) is 1.81. The molecule has 0 aromatic carbocycles. The van der Waals surface area contributed by atoms with Crippen LogP contribution in [0.4, 0.5) is 0 Å². The van der Waals surface area contributed by atoms with Crippen molar-refractivity contribution in [3.8, 4) is 0 Å². The van der Waals surface area contributed by atoms with E-state index in [9.17, 15) is 0 Å². The minimum absolute atomic E-state index is 0.902. The molecule has 1 N–H and O–H groups in total. The van der Waals surface area contributed by atoms with Crippen LogP contribution in [0.1, 0.15) is 70.6 Å². The molecule has 6 rings (SSSR count). The standard InChI is InChI=1S/C19H31N/c1-2-4-17-14(3-1)5-6-18(20-17)19-15-8-12-7-13(10-15)11-16(19)9-12/h12-20H,1-11H2. The lowest BCUT2D eigenvalue weighted by molar-refractivity contribution is -0.0619. The molecule has 112 valence electrons. The molecule has 6 aliphatic rings. The van der Waals surface area contributed by atoms with E-state index in [2.05, 4.69) is 5.32 Å². The Kier molecular flexibility index (Phi) is 2.96. The first-order chi connectivity index (χ1) is 9.87. The molecule has 0 aromatic heterocycles. The summed E-state index contributed by atoms with van der Waals surface area (Å²) in [4.78, 5) is 0. The van der Waals surface area contributed by atoms with Crippen molar-refractivity contribution in [1.82, 2.24) is 5.32 Å². The molecule has 0 spiro atoms. The van der Waals surface area contributed by atoms with Crippen LogP contribution in [0.15, 0.2) is 0 Å². The van der Waals surface area contributed by atoms with E-state index in [1.807, 2.05) is 0 Å². The third-order valence-electron chi connectivity index (χ3n) is 7.95. The average Bonchev–Trinajstić information content (AvgIpc) is 2.46. The Balaban J connectivity index is 1.33. The highest BCUT2D eigenvalue weighted by molar-refractivity contribution is 5.03. The fraction of sp³-hybridized carbons (Fsp3) is 1.00. The molecular formula is C19H31N. The Hall–Kier alpha value is -0.0400. The van der Waals surface area contributed by atoms with Gasteiger partial charge in [0.05, 0.1) is 0 Å². The molecule has 1 heterocycles. The van der Waals surface area contributed by atoms with E-state index in [4.69, 9.17) is 0 Å². The zero-order valence-corrected chi connectivity index (χ0v) is 12.9. The highest BCUT2D eigenvalue weighted by Gasteiger charge is 2.51. The lowest BCUT2D eigenvalue weighted by Crippen LogP contribution is -2.58. The van der Waals surface area contributed by atoms with Crippen molar-refractivity contribution in [3.05, 3.63) is 0 Å². The largest absolute Gasteiger partial charge is 0.311 e. The Morgan fingerprint density at radius 1 is 0.550 bits per heavy atom. The summed E-state index contributed by atoms with van der Waals surface area (Å²) in [6.07, 6.45) is 17.1. The third kappa shape index (κ3) is 1.91. The highest BCUT2D eigenvalue weighted by atomic mass is 15.0. The van der Waals surface area contributed by atoms with Crippen LogP contribution in [0.25, 0.3) is 0 Å². The van der Waals surface area contributed by atoms with Crippen LogP contribution < -0.4 is 5.32 Å². The molecule has 4 bridgehead atoms. The molecule has 6 fully saturated rings. The summed E-state index contributed by atoms with van der Waals surface area (Å²) >= 11 is 0. The number of nitrogens with one attached hydrogen (secondary N) is 1. The van der Waals surface area contributed by atoms with Crippen LogP contribution in [0.5, 0.6) is 0 Å². The maximum atomic E-state index is 4.18. The third-order valence-corrected chi connectivity index (χ3v) is 7.95. The summed E-state index contributed by atoms with van der Waals surface area (Å²) < 4.78 is 0. The zero-order valence-electron chi connectivity index (χ0n) is 12.9. The van der Waals surface area contributed by atoms with E-state index in [0.29, 0.717) is 0 Å². The summed E-state index contributed by atoms with van der Waals surface area (Å²) in [7, 11) is 0. The molecule has 5 aliphatic carbocycles. The molecule has 1 aliphatic heterocycles. The van der Waals surface area contributed by atoms with E-state index in [1.165, 1.54) is 32.1 Å². The Morgan fingerprint density at radius 3 is 2.00 bits per heavy atom. The number of piperidine rings is 1. The van der Waals surface area contributed by atoms with Crippen LogP contribution in [-0.4, -0.2) is 12.1 Å². The predicted molar refractivity (Wildman–Crippen MR) is 82.4 cm³/mol. The van der Waals surface area contributed by atoms with Gasteiger partial charge in [-0.25, -0.2) is 0 Å². The monoisotopic (exact) mass is 273 g/mol. The van der Waals surface area contributed by atoms with Crippen LogP contribution in [0.3, 0.4) is 0 Å². The molecule has 1 saturated heterocycles. The number of hydrogen-bond acceptors (Lipinski definition) is 1. The van der Waals surface area contributed by atoms with E-state index in [1.54, 1.807) is 38.5 Å². The van der Waals surface area contributed by atoms with Crippen LogP contribution >= 0.6 is 0 Å². The molecule has 5 saturated carbocycles. The summed E-state index contributed by atoms with van der Waals surface area (Å²) in [6.45, 7) is 0. The van der Waals surface area contributed by atoms with E-state index in [-0.39, 0.29) is 0 Å². The molecule has 3 atom stereocenters. The Bertz CT molecular complexity index is 348. The van der Waals surface area contributed by atoms with Gasteiger partial charge in [0.15, 0.2) is 0 Å². The summed E-state index contributed by atoms with van der Waals surface area (Å²) in [5.41, 5.74) is 0. The Labute approximate surface area is 124 Å². The normalized spacial score (nSPS) is 57.6. The second kappa shape index (κ2) is 4.73. The van der Waals surface area contributed by atoms with Gasteiger partial charge in [-0.15, -0.1) is 0 Å². The topological polar surface area (TPSA) is 12.0 Å². The van der Waals surface area contributed by atoms with Crippen molar-refractivity contribution in [2.45, 2.75) is 82.7 Å². The molecule has 1 heteroatoms. The van der Waals surface area contributed by atoms with Gasteiger partial charge in [0.1, 0.15) is 0 Å². The van der Waals surface area contributed by atoms with Gasteiger partial charge in [-0.1, -0.05) is 12.8 Å². The van der Waals surface area contributed by atoms with E-state index < -0.39 is 0 Å². The fourth-order valence-corrected chi connectivity index (χ4v) is 7.45. The van der Waals surface area contributed by atoms with E-state index in [0.717, 1.165) is 47.6 Å². The van der Waals surface area contributed by atoms with Gasteiger partial charge in [-0.2, -0.15) is 0 Å². The Morgan fingerprint density at radius 2 is 1.25 bits per heavy atom. The smallest absolute Gasteiger partial charge is 0.0103 e. The molecule has 0 aromatic rings. The van der Waals surface area contributed by atoms with E-state index >= 15 is 0 Å². The number of hydrogen-bond donors (Lipinski definition) is 1. The first-order valence-corrected chi connectivity index (χ1v) is 9.63. The first kappa shape index (κ1) is 12.5. The lowest BCUT2D eigenvalue weighted by Gasteiger charge is -2.58. The molecular weight excluding hydrogens is 242 g/mol. The van der Waals surface area contributed by atoms with Gasteiger partial charge in [-0.05, 0) is 93.3 Å². The van der Waals surface area contributed by atoms with Crippen LogP contribution in [0.2, 0.25) is 0 Å². The zero-order chi connectivity index (χ0) is 13.1. The van der Waals surface area contributed by atoms with Crippen LogP contribution in [-0.2, 0) is 0 Å². The number of rotatable bonds is 1. The summed E-state index contributed by atoms with van der Waals surface area (Å²) in [5, 5.41) is 4.18. The van der Waals surface area contributed by atoms with Crippen molar-refractivity contribution in [2.24, 2.45) is 35.5 Å². The second-order valence-electron chi connectivity index (χ2n) is 9.01. The quantitative estimate of drug-likeness (QED) is 0.748. The summed E-state index contributed by atoms with van der Waals surface area (Å²) in [5.74, 6) is 6.62. The van der Waals surface area contributed by atoms with Crippen LogP contribution in [0, 0.1) is 35.5 Å². The average molecular weight is 273 g/mol. The van der Waals surface area contributed by atoms with Gasteiger partial charge in [-0.3, -0.25) is 0 Å². The molecule has 20 heavy (non-hydrogen) atoms. The van der Waals surface area contributed by atoms with Gasteiger partial charge in [0, 0.05) is 12.1 Å². The first-order valence-electron chi connectivity index (χ1n) is 9.63. The van der Waals surface area contributed by atoms with Gasteiger partial charge >= 0.3 is 0 Å². The molecule has 0 radical (unpaired) electrons. The van der Waals surface area contributed by atoms with Gasteiger partial charge in [0.25, 0.3) is 0 Å². The van der Waals surface area contributed by atoms with Crippen molar-refractivity contribution in [3.63, 3.8) is 0 Å². The van der Waals surface area contributed by atoms with Crippen molar-refractivity contribution >= 4 is 0 Å². The van der Waals surface area contributed by atoms with Crippen molar-refractivity contribution in [1.29, 1.82) is 0 Å². The minimum Gasteiger partial charge on any atom is -0.311 e. The molecule has 3 unspecified atom stereocenters. The van der Waals surface area contributed by atoms with Crippen molar-refractivity contribution in [2.75, 3.05) is 0 Å². The second-order valence-corrected chi connectivity index (χ2v) is 9.01. The fourth-order valence-electron chi connectivity index (χ4n) is 7.45. The number of fused-ring (bicyclic) bond motifs is 1. The predicted octanol–water partition coefficient (Wildman–Crippen LogP) is 4.37.